The van der Waals surface area contributed by atoms with Crippen molar-refractivity contribution in [2.75, 3.05) is 17.3 Å². The quantitative estimate of drug-likeness (QED) is 0.671. The van der Waals surface area contributed by atoms with Crippen molar-refractivity contribution in [3.05, 3.63) is 29.8 Å². The van der Waals surface area contributed by atoms with E-state index in [4.69, 9.17) is 4.74 Å². The van der Waals surface area contributed by atoms with Gasteiger partial charge in [0.05, 0.1) is 17.9 Å². The minimum atomic E-state index is -0.428. The Labute approximate surface area is 108 Å². The molecular formula is C12H14BrNO3. The molecule has 4 nitrogen and oxygen atoms in total. The number of nitrogens with one attached hydrogen (secondary N) is 1. The summed E-state index contributed by atoms with van der Waals surface area (Å²) in [5.74, 6) is -0.569. The molecule has 92 valence electrons. The molecule has 0 saturated carbocycles. The molecule has 0 aliphatic carbocycles. The number of hydrogen-bond donors (Lipinski definition) is 1. The first-order chi connectivity index (χ1) is 8.19. The zero-order valence-electron chi connectivity index (χ0n) is 9.53. The van der Waals surface area contributed by atoms with E-state index in [1.807, 2.05) is 0 Å². The van der Waals surface area contributed by atoms with Gasteiger partial charge in [0.15, 0.2) is 0 Å². The van der Waals surface area contributed by atoms with Crippen molar-refractivity contribution in [1.29, 1.82) is 0 Å². The molecule has 0 aromatic heterocycles. The number of halogens is 1. The number of rotatable bonds is 5. The molecule has 0 fully saturated rings. The van der Waals surface area contributed by atoms with E-state index >= 15 is 0 Å². The van der Waals surface area contributed by atoms with Gasteiger partial charge in [-0.3, -0.25) is 4.79 Å². The summed E-state index contributed by atoms with van der Waals surface area (Å²) in [7, 11) is 0. The summed E-state index contributed by atoms with van der Waals surface area (Å²) in [6.45, 7) is 2.05. The smallest absolute Gasteiger partial charge is 0.340 e. The highest BCUT2D eigenvalue weighted by Crippen LogP contribution is 2.16. The number of benzene rings is 1. The van der Waals surface area contributed by atoms with Gasteiger partial charge in [0.2, 0.25) is 5.91 Å². The van der Waals surface area contributed by atoms with Crippen LogP contribution in [-0.4, -0.2) is 23.8 Å². The number of hydrogen-bond acceptors (Lipinski definition) is 3. The van der Waals surface area contributed by atoms with Crippen LogP contribution < -0.4 is 5.32 Å². The van der Waals surface area contributed by atoms with Gasteiger partial charge in [-0.2, -0.15) is 0 Å². The molecule has 0 bridgehead atoms. The zero-order valence-corrected chi connectivity index (χ0v) is 11.1. The van der Waals surface area contributed by atoms with Crippen molar-refractivity contribution in [3.63, 3.8) is 0 Å². The highest BCUT2D eigenvalue weighted by atomic mass is 79.9. The Morgan fingerprint density at radius 1 is 1.35 bits per heavy atom. The molecule has 0 aliphatic heterocycles. The van der Waals surface area contributed by atoms with Crippen molar-refractivity contribution in [3.8, 4) is 0 Å². The van der Waals surface area contributed by atoms with Gasteiger partial charge in [0, 0.05) is 11.8 Å². The van der Waals surface area contributed by atoms with Gasteiger partial charge in [-0.05, 0) is 19.1 Å². The Morgan fingerprint density at radius 3 is 2.71 bits per heavy atom. The lowest BCUT2D eigenvalue weighted by Crippen LogP contribution is -2.15. The van der Waals surface area contributed by atoms with E-state index in [0.717, 1.165) is 0 Å². The number of anilines is 1. The predicted molar refractivity (Wildman–Crippen MR) is 69.4 cm³/mol. The van der Waals surface area contributed by atoms with Crippen LogP contribution in [-0.2, 0) is 9.53 Å². The lowest BCUT2D eigenvalue weighted by Gasteiger charge is -2.09. The molecule has 1 rings (SSSR count). The van der Waals surface area contributed by atoms with Gasteiger partial charge < -0.3 is 10.1 Å². The first-order valence-corrected chi connectivity index (χ1v) is 6.43. The van der Waals surface area contributed by atoms with Gasteiger partial charge in [-0.25, -0.2) is 4.79 Å². The molecule has 0 heterocycles. The van der Waals surface area contributed by atoms with Crippen LogP contribution in [0.25, 0.3) is 0 Å². The first-order valence-electron chi connectivity index (χ1n) is 5.31. The summed E-state index contributed by atoms with van der Waals surface area (Å²) in [5, 5.41) is 3.26. The van der Waals surface area contributed by atoms with E-state index < -0.39 is 5.97 Å². The summed E-state index contributed by atoms with van der Waals surface area (Å²) in [6, 6.07) is 6.79. The van der Waals surface area contributed by atoms with Gasteiger partial charge >= 0.3 is 5.97 Å². The van der Waals surface area contributed by atoms with E-state index in [-0.39, 0.29) is 5.91 Å². The van der Waals surface area contributed by atoms with Crippen molar-refractivity contribution in [1.82, 2.24) is 0 Å². The summed E-state index contributed by atoms with van der Waals surface area (Å²) in [5.41, 5.74) is 0.856. The molecule has 17 heavy (non-hydrogen) atoms. The largest absolute Gasteiger partial charge is 0.462 e. The van der Waals surface area contributed by atoms with Crippen molar-refractivity contribution in [2.45, 2.75) is 13.3 Å². The standard InChI is InChI=1S/C12H14BrNO3/c1-2-17-12(16)9-5-3-4-6-10(9)14-11(15)7-8-13/h3-6H,2,7-8H2,1H3,(H,14,15). The number of amides is 1. The molecule has 1 aromatic carbocycles. The molecule has 0 radical (unpaired) electrons. The van der Waals surface area contributed by atoms with Gasteiger partial charge in [-0.15, -0.1) is 0 Å². The summed E-state index contributed by atoms with van der Waals surface area (Å²) < 4.78 is 4.91. The average molecular weight is 300 g/mol. The lowest BCUT2D eigenvalue weighted by atomic mass is 10.1. The topological polar surface area (TPSA) is 55.4 Å². The normalized spacial score (nSPS) is 9.76. The third kappa shape index (κ3) is 4.19. The third-order valence-electron chi connectivity index (χ3n) is 2.02. The second-order valence-corrected chi connectivity index (χ2v) is 4.05. The lowest BCUT2D eigenvalue weighted by molar-refractivity contribution is -0.115. The van der Waals surface area contributed by atoms with Crippen LogP contribution in [0.15, 0.2) is 24.3 Å². The third-order valence-corrected chi connectivity index (χ3v) is 2.41. The summed E-state index contributed by atoms with van der Waals surface area (Å²) in [4.78, 5) is 23.1. The fourth-order valence-electron chi connectivity index (χ4n) is 1.28. The maximum atomic E-state index is 11.6. The van der Waals surface area contributed by atoms with Crippen molar-refractivity contribution < 1.29 is 14.3 Å². The molecular weight excluding hydrogens is 286 g/mol. The fraction of sp³-hybridized carbons (Fsp3) is 0.333. The molecule has 1 amide bonds. The molecule has 0 atom stereocenters. The van der Waals surface area contributed by atoms with Crippen molar-refractivity contribution in [2.24, 2.45) is 0 Å². The maximum Gasteiger partial charge on any atom is 0.340 e. The molecule has 0 aliphatic rings. The van der Waals surface area contributed by atoms with Crippen LogP contribution in [0.4, 0.5) is 5.69 Å². The van der Waals surface area contributed by atoms with E-state index in [0.29, 0.717) is 29.6 Å². The highest BCUT2D eigenvalue weighted by Gasteiger charge is 2.13. The summed E-state index contributed by atoms with van der Waals surface area (Å²) >= 11 is 3.18. The highest BCUT2D eigenvalue weighted by molar-refractivity contribution is 9.09. The van der Waals surface area contributed by atoms with Crippen LogP contribution in [0.2, 0.25) is 0 Å². The number of carbonyl (C=O) groups excluding carboxylic acids is 2. The number of carbonyl (C=O) groups is 2. The zero-order chi connectivity index (χ0) is 12.7. The van der Waals surface area contributed by atoms with Gasteiger partial charge in [0.25, 0.3) is 0 Å². The van der Waals surface area contributed by atoms with E-state index in [9.17, 15) is 9.59 Å². The number of para-hydroxylation sites is 1. The minimum absolute atomic E-state index is 0.140. The Hall–Kier alpha value is -1.36. The second kappa shape index (κ2) is 7.06. The van der Waals surface area contributed by atoms with E-state index in [2.05, 4.69) is 21.2 Å². The Bertz CT molecular complexity index is 406. The minimum Gasteiger partial charge on any atom is -0.462 e. The predicted octanol–water partition coefficient (Wildman–Crippen LogP) is 2.59. The van der Waals surface area contributed by atoms with Gasteiger partial charge in [0.1, 0.15) is 0 Å². The fourth-order valence-corrected chi connectivity index (χ4v) is 1.64. The number of alkyl halides is 1. The average Bonchev–Trinajstić information content (AvgIpc) is 2.30. The van der Waals surface area contributed by atoms with Gasteiger partial charge in [-0.1, -0.05) is 28.1 Å². The van der Waals surface area contributed by atoms with Crippen molar-refractivity contribution >= 4 is 33.5 Å². The Balaban J connectivity index is 2.84. The molecule has 0 saturated heterocycles. The molecule has 0 spiro atoms. The number of esters is 1. The van der Waals surface area contributed by atoms with Crippen LogP contribution in [0.3, 0.4) is 0 Å². The number of ether oxygens (including phenoxy) is 1. The maximum absolute atomic E-state index is 11.6. The van der Waals surface area contributed by atoms with E-state index in [1.54, 1.807) is 31.2 Å². The molecule has 5 heteroatoms. The monoisotopic (exact) mass is 299 g/mol. The second-order valence-electron chi connectivity index (χ2n) is 3.25. The van der Waals surface area contributed by atoms with Crippen LogP contribution in [0.1, 0.15) is 23.7 Å². The first kappa shape index (κ1) is 13.7. The molecule has 1 aromatic rings. The Morgan fingerprint density at radius 2 is 2.06 bits per heavy atom. The van der Waals surface area contributed by atoms with Crippen LogP contribution in [0.5, 0.6) is 0 Å². The van der Waals surface area contributed by atoms with E-state index in [1.165, 1.54) is 0 Å². The molecule has 0 unspecified atom stereocenters. The van der Waals surface area contributed by atoms with Crippen LogP contribution >= 0.6 is 15.9 Å². The molecule has 1 N–H and O–H groups in total. The Kier molecular flexibility index (Phi) is 5.69. The summed E-state index contributed by atoms with van der Waals surface area (Å²) in [6.07, 6.45) is 0.358. The SMILES string of the molecule is CCOC(=O)c1ccccc1NC(=O)CCBr. The van der Waals surface area contributed by atoms with Crippen LogP contribution in [0, 0.1) is 0 Å².